The summed E-state index contributed by atoms with van der Waals surface area (Å²) in [5.41, 5.74) is 4.20. The minimum absolute atomic E-state index is 0.0244. The molecule has 0 amide bonds. The van der Waals surface area contributed by atoms with Gasteiger partial charge in [0, 0.05) is 12.1 Å². The van der Waals surface area contributed by atoms with Crippen LogP contribution in [0.2, 0.25) is 0 Å². The van der Waals surface area contributed by atoms with Gasteiger partial charge < -0.3 is 19.7 Å². The largest absolute Gasteiger partial charge is 0.573 e. The number of rotatable bonds is 9. The fraction of sp³-hybridized carbons (Fsp3) is 0.259. The van der Waals surface area contributed by atoms with E-state index in [1.807, 2.05) is 36.4 Å². The lowest BCUT2D eigenvalue weighted by molar-refractivity contribution is -0.274. The normalized spacial score (nSPS) is 14.5. The Morgan fingerprint density at radius 1 is 1.08 bits per heavy atom. The van der Waals surface area contributed by atoms with Crippen LogP contribution in [0.3, 0.4) is 0 Å². The Labute approximate surface area is 205 Å². The molecule has 0 aliphatic heterocycles. The summed E-state index contributed by atoms with van der Waals surface area (Å²) < 4.78 is 43.7. The van der Waals surface area contributed by atoms with Gasteiger partial charge in [0.05, 0.1) is 17.1 Å². The van der Waals surface area contributed by atoms with E-state index >= 15 is 0 Å². The molecular weight excluding hydrogens is 471 g/mol. The number of nitrogens with one attached hydrogen (secondary N) is 1. The maximum Gasteiger partial charge on any atom is 0.573 e. The fourth-order valence-electron chi connectivity index (χ4n) is 4.48. The van der Waals surface area contributed by atoms with Crippen molar-refractivity contribution >= 4 is 28.6 Å². The molecular formula is C27H24F3N3O3. The first-order chi connectivity index (χ1) is 17.3. The molecule has 0 saturated heterocycles. The second-order valence-corrected chi connectivity index (χ2v) is 8.91. The van der Waals surface area contributed by atoms with Gasteiger partial charge in [0.15, 0.2) is 0 Å². The number of fused-ring (bicyclic) bond motifs is 1. The number of hydrogen-bond acceptors (Lipinski definition) is 4. The molecule has 0 bridgehead atoms. The van der Waals surface area contributed by atoms with Crippen LogP contribution in [0.25, 0.3) is 11.0 Å². The maximum absolute atomic E-state index is 12.5. The Balaban J connectivity index is 1.55. The highest BCUT2D eigenvalue weighted by molar-refractivity contribution is 5.81. The molecule has 1 heterocycles. The van der Waals surface area contributed by atoms with E-state index in [0.29, 0.717) is 24.0 Å². The number of benzene rings is 3. The molecule has 1 saturated carbocycles. The first kappa shape index (κ1) is 23.7. The van der Waals surface area contributed by atoms with Crippen molar-refractivity contribution < 1.29 is 27.8 Å². The van der Waals surface area contributed by atoms with Crippen LogP contribution in [0.15, 0.2) is 72.8 Å². The number of carboxylic acid groups (broad SMARTS) is 1. The van der Waals surface area contributed by atoms with E-state index in [0.717, 1.165) is 35.0 Å². The first-order valence-electron chi connectivity index (χ1n) is 11.7. The Hall–Kier alpha value is -4.01. The number of halogens is 3. The molecule has 9 heteroatoms. The summed E-state index contributed by atoms with van der Waals surface area (Å²) in [6, 6.07) is 21.5. The second-order valence-electron chi connectivity index (χ2n) is 8.91. The minimum Gasteiger partial charge on any atom is -0.481 e. The number of aromatic nitrogens is 2. The van der Waals surface area contributed by atoms with Gasteiger partial charge in [0.1, 0.15) is 5.75 Å². The van der Waals surface area contributed by atoms with Crippen LogP contribution in [0.5, 0.6) is 5.75 Å². The van der Waals surface area contributed by atoms with E-state index in [4.69, 9.17) is 10.1 Å². The summed E-state index contributed by atoms with van der Waals surface area (Å²) in [5, 5.41) is 12.3. The molecule has 2 N–H and O–H groups in total. The number of carboxylic acids is 1. The third-order valence-electron chi connectivity index (χ3n) is 6.21. The monoisotopic (exact) mass is 495 g/mol. The van der Waals surface area contributed by atoms with Crippen molar-refractivity contribution in [3.8, 4) is 5.75 Å². The predicted molar refractivity (Wildman–Crippen MR) is 129 cm³/mol. The zero-order valence-corrected chi connectivity index (χ0v) is 19.2. The molecule has 1 aliphatic rings. The summed E-state index contributed by atoms with van der Waals surface area (Å²) in [7, 11) is 0. The summed E-state index contributed by atoms with van der Waals surface area (Å²) in [6.45, 7) is 0. The van der Waals surface area contributed by atoms with E-state index in [-0.39, 0.29) is 18.2 Å². The van der Waals surface area contributed by atoms with E-state index in [9.17, 15) is 18.0 Å². The molecule has 0 unspecified atom stereocenters. The van der Waals surface area contributed by atoms with Gasteiger partial charge in [0.25, 0.3) is 0 Å². The Kier molecular flexibility index (Phi) is 6.30. The van der Waals surface area contributed by atoms with Crippen molar-refractivity contribution in [3.05, 3.63) is 83.9 Å². The molecule has 1 atom stereocenters. The van der Waals surface area contributed by atoms with Crippen LogP contribution in [-0.4, -0.2) is 27.0 Å². The van der Waals surface area contributed by atoms with Gasteiger partial charge >= 0.3 is 12.3 Å². The average molecular weight is 496 g/mol. The van der Waals surface area contributed by atoms with Crippen LogP contribution >= 0.6 is 0 Å². The number of anilines is 2. The quantitative estimate of drug-likeness (QED) is 0.270. The van der Waals surface area contributed by atoms with E-state index < -0.39 is 12.3 Å². The molecule has 4 aromatic rings. The predicted octanol–water partition coefficient (Wildman–Crippen LogP) is 6.70. The molecule has 186 valence electrons. The summed E-state index contributed by atoms with van der Waals surface area (Å²) in [6.07, 6.45) is -2.17. The summed E-state index contributed by atoms with van der Waals surface area (Å²) in [4.78, 5) is 15.9. The zero-order chi connectivity index (χ0) is 25.3. The highest BCUT2D eigenvalue weighted by Gasteiger charge is 2.36. The molecule has 5 rings (SSSR count). The molecule has 1 fully saturated rings. The summed E-state index contributed by atoms with van der Waals surface area (Å²) in [5.74, 6) is -0.172. The van der Waals surface area contributed by atoms with E-state index in [1.54, 1.807) is 0 Å². The van der Waals surface area contributed by atoms with Gasteiger partial charge in [-0.05, 0) is 72.7 Å². The third kappa shape index (κ3) is 5.45. The number of hydrogen-bond donors (Lipinski definition) is 2. The van der Waals surface area contributed by atoms with Crippen molar-refractivity contribution in [1.82, 2.24) is 9.55 Å². The van der Waals surface area contributed by atoms with Crippen LogP contribution in [0.1, 0.15) is 36.4 Å². The van der Waals surface area contributed by atoms with Crippen LogP contribution < -0.4 is 10.1 Å². The van der Waals surface area contributed by atoms with Gasteiger partial charge in [-0.3, -0.25) is 4.79 Å². The number of nitrogens with zero attached hydrogens (tertiary/aromatic N) is 2. The van der Waals surface area contributed by atoms with Crippen LogP contribution in [-0.2, 0) is 11.2 Å². The Morgan fingerprint density at radius 3 is 2.44 bits per heavy atom. The van der Waals surface area contributed by atoms with Crippen molar-refractivity contribution in [1.29, 1.82) is 0 Å². The summed E-state index contributed by atoms with van der Waals surface area (Å²) >= 11 is 0. The second kappa shape index (κ2) is 9.56. The molecule has 6 nitrogen and oxygen atoms in total. The molecule has 0 radical (unpaired) electrons. The number of carbonyl (C=O) groups is 1. The number of alkyl halides is 3. The van der Waals surface area contributed by atoms with Crippen molar-refractivity contribution in [2.75, 3.05) is 5.32 Å². The number of aryl methyl sites for hydroxylation is 1. The maximum atomic E-state index is 12.5. The Morgan fingerprint density at radius 2 is 1.81 bits per heavy atom. The lowest BCUT2D eigenvalue weighted by atomic mass is 10.0. The molecule has 1 aliphatic carbocycles. The number of aliphatic carboxylic acids is 1. The highest BCUT2D eigenvalue weighted by Crippen LogP contribution is 2.46. The lowest BCUT2D eigenvalue weighted by Crippen LogP contribution is -2.17. The molecule has 36 heavy (non-hydrogen) atoms. The van der Waals surface area contributed by atoms with Crippen LogP contribution in [0.4, 0.5) is 24.8 Å². The van der Waals surface area contributed by atoms with Crippen molar-refractivity contribution in [3.63, 3.8) is 0 Å². The smallest absolute Gasteiger partial charge is 0.481 e. The van der Waals surface area contributed by atoms with Gasteiger partial charge in [0.2, 0.25) is 5.95 Å². The number of ether oxygens (including phenoxy) is 1. The van der Waals surface area contributed by atoms with Gasteiger partial charge in [-0.2, -0.15) is 0 Å². The first-order valence-corrected chi connectivity index (χ1v) is 11.7. The fourth-order valence-corrected chi connectivity index (χ4v) is 4.48. The average Bonchev–Trinajstić information content (AvgIpc) is 3.61. The lowest BCUT2D eigenvalue weighted by Gasteiger charge is -2.23. The van der Waals surface area contributed by atoms with Gasteiger partial charge in [-0.1, -0.05) is 36.4 Å². The highest BCUT2D eigenvalue weighted by atomic mass is 19.4. The van der Waals surface area contributed by atoms with Gasteiger partial charge in [-0.15, -0.1) is 13.2 Å². The Bertz CT molecular complexity index is 1360. The molecule has 3 aromatic carbocycles. The topological polar surface area (TPSA) is 76.4 Å². The van der Waals surface area contributed by atoms with Crippen LogP contribution in [0, 0.1) is 5.92 Å². The molecule has 1 aromatic heterocycles. The minimum atomic E-state index is -4.76. The third-order valence-corrected chi connectivity index (χ3v) is 6.21. The molecule has 0 spiro atoms. The SMILES string of the molecule is O=C(O)CCc1ccc2c(c1)nc(Nc1ccc(OC(F)(F)F)cc1)n2[C@H](c1ccccc1)C1CC1. The van der Waals surface area contributed by atoms with E-state index in [2.05, 4.69) is 26.8 Å². The number of imidazole rings is 1. The zero-order valence-electron chi connectivity index (χ0n) is 19.2. The van der Waals surface area contributed by atoms with Crippen molar-refractivity contribution in [2.45, 2.75) is 38.1 Å². The van der Waals surface area contributed by atoms with E-state index in [1.165, 1.54) is 24.3 Å². The van der Waals surface area contributed by atoms with Crippen molar-refractivity contribution in [2.24, 2.45) is 5.92 Å². The van der Waals surface area contributed by atoms with Gasteiger partial charge in [-0.25, -0.2) is 4.98 Å². The standard InChI is InChI=1S/C27H24F3N3O3/c28-27(29,30)36-21-12-10-20(11-13-21)31-26-32-22-16-17(7-15-24(34)35)6-14-23(22)33(26)25(19-8-9-19)18-4-2-1-3-5-18/h1-6,10-14,16,19,25H,7-9,15H2,(H,31,32)(H,34,35)/t25-/m1/s1.